The maximum atomic E-state index is 12.2. The Kier molecular flexibility index (Phi) is 5.62. The highest BCUT2D eigenvalue weighted by Crippen LogP contribution is 2.22. The third-order valence-electron chi connectivity index (χ3n) is 4.45. The summed E-state index contributed by atoms with van der Waals surface area (Å²) in [4.78, 5) is 12.2. The molecule has 4 heteroatoms. The molecular formula is C20H24N2O2. The van der Waals surface area contributed by atoms with E-state index in [9.17, 15) is 4.79 Å². The van der Waals surface area contributed by atoms with Gasteiger partial charge < -0.3 is 15.8 Å². The zero-order valence-electron chi connectivity index (χ0n) is 13.8. The number of carbonyl (C=O) groups excluding carboxylic acids is 1. The molecule has 0 aromatic heterocycles. The Labute approximate surface area is 143 Å². The van der Waals surface area contributed by atoms with E-state index in [1.807, 2.05) is 54.6 Å². The summed E-state index contributed by atoms with van der Waals surface area (Å²) in [6.45, 7) is 0.627. The van der Waals surface area contributed by atoms with Crippen LogP contribution in [0.1, 0.15) is 42.9 Å². The molecule has 0 heterocycles. The van der Waals surface area contributed by atoms with Crippen LogP contribution in [0.4, 0.5) is 5.69 Å². The van der Waals surface area contributed by atoms with Gasteiger partial charge in [-0.3, -0.25) is 4.79 Å². The van der Waals surface area contributed by atoms with E-state index in [1.165, 1.54) is 25.7 Å². The van der Waals surface area contributed by atoms with Crippen LogP contribution < -0.4 is 11.1 Å². The normalized spacial score (nSPS) is 16.0. The third kappa shape index (κ3) is 4.43. The first-order valence-corrected chi connectivity index (χ1v) is 8.54. The van der Waals surface area contributed by atoms with Gasteiger partial charge in [0.2, 0.25) is 5.91 Å². The van der Waals surface area contributed by atoms with Gasteiger partial charge in [0.15, 0.2) is 0 Å². The largest absolute Gasteiger partial charge is 0.374 e. The molecule has 0 spiro atoms. The van der Waals surface area contributed by atoms with Gasteiger partial charge >= 0.3 is 0 Å². The second kappa shape index (κ2) is 8.08. The van der Waals surface area contributed by atoms with E-state index >= 15 is 0 Å². The average Bonchev–Trinajstić information content (AvgIpc) is 3.15. The Hall–Kier alpha value is -2.17. The van der Waals surface area contributed by atoms with E-state index in [2.05, 4.69) is 5.32 Å². The maximum absolute atomic E-state index is 12.2. The molecular weight excluding hydrogens is 300 g/mol. The van der Waals surface area contributed by atoms with Crippen LogP contribution in [0.3, 0.4) is 0 Å². The van der Waals surface area contributed by atoms with Crippen LogP contribution in [0.5, 0.6) is 0 Å². The molecule has 1 aliphatic carbocycles. The van der Waals surface area contributed by atoms with Crippen molar-refractivity contribution in [1.29, 1.82) is 0 Å². The smallest absolute Gasteiger partial charge is 0.245 e. The van der Waals surface area contributed by atoms with Crippen molar-refractivity contribution < 1.29 is 9.53 Å². The summed E-state index contributed by atoms with van der Waals surface area (Å²) in [5.74, 6) is -0.212. The fourth-order valence-electron chi connectivity index (χ4n) is 2.99. The Balaban J connectivity index is 1.52. The molecule has 1 fully saturated rings. The van der Waals surface area contributed by atoms with Crippen molar-refractivity contribution in [3.8, 4) is 0 Å². The lowest BCUT2D eigenvalue weighted by Crippen LogP contribution is -2.27. The van der Waals surface area contributed by atoms with E-state index in [4.69, 9.17) is 10.5 Å². The molecule has 1 saturated carbocycles. The van der Waals surface area contributed by atoms with Gasteiger partial charge in [0.25, 0.3) is 0 Å². The predicted molar refractivity (Wildman–Crippen MR) is 95.5 cm³/mol. The van der Waals surface area contributed by atoms with Crippen molar-refractivity contribution in [2.45, 2.75) is 44.4 Å². The number of nitrogens with one attached hydrogen (secondary N) is 1. The lowest BCUT2D eigenvalue weighted by molar-refractivity contribution is -0.117. The Morgan fingerprint density at radius 1 is 1.08 bits per heavy atom. The van der Waals surface area contributed by atoms with Crippen LogP contribution >= 0.6 is 0 Å². The van der Waals surface area contributed by atoms with Crippen molar-refractivity contribution in [3.63, 3.8) is 0 Å². The molecule has 1 atom stereocenters. The number of nitrogens with two attached hydrogens (primary N) is 1. The molecule has 4 nitrogen and oxygen atoms in total. The minimum absolute atomic E-state index is 0.212. The lowest BCUT2D eigenvalue weighted by atomic mass is 10.1. The number of anilines is 1. The number of carbonyl (C=O) groups is 1. The summed E-state index contributed by atoms with van der Waals surface area (Å²) in [7, 11) is 0. The van der Waals surface area contributed by atoms with Crippen LogP contribution in [0.2, 0.25) is 0 Å². The third-order valence-corrected chi connectivity index (χ3v) is 4.45. The number of amides is 1. The molecule has 24 heavy (non-hydrogen) atoms. The molecule has 3 rings (SSSR count). The predicted octanol–water partition coefficient (Wildman–Crippen LogP) is 3.78. The quantitative estimate of drug-likeness (QED) is 0.850. The molecule has 2 aromatic carbocycles. The van der Waals surface area contributed by atoms with Gasteiger partial charge in [-0.2, -0.15) is 0 Å². The first-order valence-electron chi connectivity index (χ1n) is 8.54. The summed E-state index contributed by atoms with van der Waals surface area (Å²) in [6.07, 6.45) is 5.30. The Bertz CT molecular complexity index is 649. The molecule has 0 saturated heterocycles. The molecule has 2 aromatic rings. The minimum Gasteiger partial charge on any atom is -0.374 e. The number of ether oxygens (including phenoxy) is 1. The van der Waals surface area contributed by atoms with E-state index in [0.717, 1.165) is 16.8 Å². The summed E-state index contributed by atoms with van der Waals surface area (Å²) in [5.41, 5.74) is 8.67. The number of benzene rings is 2. The first-order chi connectivity index (χ1) is 11.7. The number of hydrogen-bond acceptors (Lipinski definition) is 3. The van der Waals surface area contributed by atoms with Gasteiger partial charge in [-0.25, -0.2) is 0 Å². The van der Waals surface area contributed by atoms with Crippen molar-refractivity contribution in [1.82, 2.24) is 0 Å². The second-order valence-electron chi connectivity index (χ2n) is 6.29. The molecule has 0 bridgehead atoms. The maximum Gasteiger partial charge on any atom is 0.245 e. The van der Waals surface area contributed by atoms with Gasteiger partial charge in [0, 0.05) is 5.69 Å². The topological polar surface area (TPSA) is 64.4 Å². The van der Waals surface area contributed by atoms with Crippen LogP contribution in [-0.2, 0) is 16.1 Å². The summed E-state index contributed by atoms with van der Waals surface area (Å²) < 4.78 is 5.90. The van der Waals surface area contributed by atoms with Crippen LogP contribution in [0.25, 0.3) is 0 Å². The zero-order chi connectivity index (χ0) is 16.8. The summed E-state index contributed by atoms with van der Waals surface area (Å²) in [5, 5.41) is 2.86. The molecule has 0 aliphatic heterocycles. The number of rotatable bonds is 6. The van der Waals surface area contributed by atoms with Crippen molar-refractivity contribution >= 4 is 11.6 Å². The lowest BCUT2D eigenvalue weighted by Gasteiger charge is -2.14. The van der Waals surface area contributed by atoms with E-state index in [0.29, 0.717) is 12.7 Å². The zero-order valence-corrected chi connectivity index (χ0v) is 13.8. The van der Waals surface area contributed by atoms with E-state index in [1.54, 1.807) is 0 Å². The first kappa shape index (κ1) is 16.7. The van der Waals surface area contributed by atoms with Gasteiger partial charge in [0.05, 0.1) is 12.7 Å². The Morgan fingerprint density at radius 2 is 1.75 bits per heavy atom. The van der Waals surface area contributed by atoms with E-state index < -0.39 is 6.04 Å². The fraction of sp³-hybridized carbons (Fsp3) is 0.350. The molecule has 1 unspecified atom stereocenters. The standard InChI is InChI=1S/C20H24N2O2/c21-19(16-6-2-1-3-7-16)20(23)22-17-12-10-15(11-13-17)14-24-18-8-4-5-9-18/h1-3,6-7,10-13,18-19H,4-5,8-9,14,21H2,(H,22,23). The van der Waals surface area contributed by atoms with Crippen molar-refractivity contribution in [2.24, 2.45) is 5.73 Å². The molecule has 0 radical (unpaired) electrons. The molecule has 3 N–H and O–H groups in total. The molecule has 1 amide bonds. The van der Waals surface area contributed by atoms with Crippen LogP contribution in [0, 0.1) is 0 Å². The highest BCUT2D eigenvalue weighted by Gasteiger charge is 2.16. The minimum atomic E-state index is -0.670. The second-order valence-corrected chi connectivity index (χ2v) is 6.29. The molecule has 1 aliphatic rings. The van der Waals surface area contributed by atoms with Gasteiger partial charge in [-0.1, -0.05) is 55.3 Å². The summed E-state index contributed by atoms with van der Waals surface area (Å²) >= 11 is 0. The van der Waals surface area contributed by atoms with Gasteiger partial charge in [0.1, 0.15) is 6.04 Å². The van der Waals surface area contributed by atoms with Crippen molar-refractivity contribution in [3.05, 3.63) is 65.7 Å². The van der Waals surface area contributed by atoms with Crippen LogP contribution in [0.15, 0.2) is 54.6 Å². The fourth-order valence-corrected chi connectivity index (χ4v) is 2.99. The van der Waals surface area contributed by atoms with E-state index in [-0.39, 0.29) is 5.91 Å². The summed E-state index contributed by atoms with van der Waals surface area (Å²) in [6, 6.07) is 16.4. The van der Waals surface area contributed by atoms with Gasteiger partial charge in [-0.15, -0.1) is 0 Å². The number of hydrogen-bond donors (Lipinski definition) is 2. The van der Waals surface area contributed by atoms with Crippen molar-refractivity contribution in [2.75, 3.05) is 5.32 Å². The molecule has 126 valence electrons. The average molecular weight is 324 g/mol. The highest BCUT2D eigenvalue weighted by molar-refractivity contribution is 5.95. The highest BCUT2D eigenvalue weighted by atomic mass is 16.5. The Morgan fingerprint density at radius 3 is 2.42 bits per heavy atom. The monoisotopic (exact) mass is 324 g/mol. The van der Waals surface area contributed by atoms with Crippen LogP contribution in [-0.4, -0.2) is 12.0 Å². The van der Waals surface area contributed by atoms with Gasteiger partial charge in [-0.05, 0) is 36.1 Å². The SMILES string of the molecule is NC(C(=O)Nc1ccc(COC2CCCC2)cc1)c1ccccc1.